The van der Waals surface area contributed by atoms with Crippen LogP contribution >= 0.6 is 23.1 Å². The number of nitrogens with zero attached hydrogens (tertiary/aromatic N) is 2. The summed E-state index contributed by atoms with van der Waals surface area (Å²) < 4.78 is 0.974. The molecular formula is C19H26N2OS2. The molecule has 3 nitrogen and oxygen atoms in total. The average Bonchev–Trinajstić information content (AvgIpc) is 2.95. The lowest BCUT2D eigenvalue weighted by Gasteiger charge is -2.28. The Balaban J connectivity index is 2.67. The average molecular weight is 363 g/mol. The molecule has 0 saturated heterocycles. The molecule has 0 radical (unpaired) electrons. The quantitative estimate of drug-likeness (QED) is 0.540. The van der Waals surface area contributed by atoms with E-state index in [1.54, 1.807) is 23.1 Å². The molecular weight excluding hydrogens is 336 g/mol. The summed E-state index contributed by atoms with van der Waals surface area (Å²) in [6.45, 7) is 16.5. The van der Waals surface area contributed by atoms with Crippen LogP contribution in [0, 0.1) is 0 Å². The number of aromatic nitrogens is 2. The van der Waals surface area contributed by atoms with Gasteiger partial charge in [0, 0.05) is 22.1 Å². The van der Waals surface area contributed by atoms with Crippen molar-refractivity contribution in [2.45, 2.75) is 56.7 Å². The predicted octanol–water partition coefficient (Wildman–Crippen LogP) is 5.78. The summed E-state index contributed by atoms with van der Waals surface area (Å²) in [4.78, 5) is 0. The summed E-state index contributed by atoms with van der Waals surface area (Å²) in [5, 5.41) is 20.4. The molecule has 24 heavy (non-hydrogen) atoms. The Morgan fingerprint density at radius 2 is 1.79 bits per heavy atom. The van der Waals surface area contributed by atoms with Crippen LogP contribution in [0.5, 0.6) is 5.75 Å². The Hall–Kier alpha value is -1.33. The number of benzene rings is 1. The van der Waals surface area contributed by atoms with Gasteiger partial charge in [0.2, 0.25) is 0 Å². The SMILES string of the molecule is C=CC(C)(C)c1cc(-c2nnc(SCC)s2)cc(C(C)(C)C)c1O. The van der Waals surface area contributed by atoms with Gasteiger partial charge in [0.1, 0.15) is 10.8 Å². The molecule has 5 heteroatoms. The van der Waals surface area contributed by atoms with Crippen molar-refractivity contribution in [3.8, 4) is 16.3 Å². The van der Waals surface area contributed by atoms with E-state index in [4.69, 9.17) is 0 Å². The number of hydrogen-bond donors (Lipinski definition) is 1. The van der Waals surface area contributed by atoms with Crippen molar-refractivity contribution in [3.63, 3.8) is 0 Å². The van der Waals surface area contributed by atoms with Crippen molar-refractivity contribution in [2.24, 2.45) is 0 Å². The van der Waals surface area contributed by atoms with Gasteiger partial charge in [-0.2, -0.15) is 0 Å². The first-order valence-corrected chi connectivity index (χ1v) is 9.88. The van der Waals surface area contributed by atoms with Crippen molar-refractivity contribution in [1.29, 1.82) is 0 Å². The van der Waals surface area contributed by atoms with Crippen molar-refractivity contribution in [3.05, 3.63) is 35.9 Å². The second-order valence-electron chi connectivity index (χ2n) is 7.40. The third kappa shape index (κ3) is 3.83. The molecule has 0 fully saturated rings. The van der Waals surface area contributed by atoms with E-state index in [0.717, 1.165) is 31.8 Å². The molecule has 1 heterocycles. The van der Waals surface area contributed by atoms with E-state index in [1.165, 1.54) is 0 Å². The Morgan fingerprint density at radius 1 is 1.17 bits per heavy atom. The van der Waals surface area contributed by atoms with Crippen molar-refractivity contribution < 1.29 is 5.11 Å². The number of phenols is 1. The van der Waals surface area contributed by atoms with Crippen molar-refractivity contribution in [2.75, 3.05) is 5.75 Å². The molecule has 1 aromatic carbocycles. The predicted molar refractivity (Wildman–Crippen MR) is 105 cm³/mol. The minimum Gasteiger partial charge on any atom is -0.507 e. The topological polar surface area (TPSA) is 46.0 Å². The Morgan fingerprint density at radius 3 is 2.33 bits per heavy atom. The van der Waals surface area contributed by atoms with Gasteiger partial charge in [-0.1, -0.05) is 70.7 Å². The first-order valence-electron chi connectivity index (χ1n) is 8.08. The highest BCUT2D eigenvalue weighted by Crippen LogP contribution is 2.43. The minimum absolute atomic E-state index is 0.169. The second-order valence-corrected chi connectivity index (χ2v) is 9.89. The molecule has 2 aromatic rings. The molecule has 2 rings (SSSR count). The lowest BCUT2D eigenvalue weighted by atomic mass is 9.77. The zero-order valence-electron chi connectivity index (χ0n) is 15.3. The fourth-order valence-corrected chi connectivity index (χ4v) is 4.17. The minimum atomic E-state index is -0.328. The highest BCUT2D eigenvalue weighted by atomic mass is 32.2. The molecule has 1 aromatic heterocycles. The van der Waals surface area contributed by atoms with Gasteiger partial charge in [-0.15, -0.1) is 16.8 Å². The maximum atomic E-state index is 10.9. The van der Waals surface area contributed by atoms with Gasteiger partial charge in [0.25, 0.3) is 0 Å². The second kappa shape index (κ2) is 6.89. The molecule has 0 bridgehead atoms. The van der Waals surface area contributed by atoms with Crippen LogP contribution < -0.4 is 0 Å². The summed E-state index contributed by atoms with van der Waals surface area (Å²) in [5.74, 6) is 1.33. The normalized spacial score (nSPS) is 12.4. The Labute approximate surface area is 153 Å². The van der Waals surface area contributed by atoms with E-state index in [2.05, 4.69) is 58.3 Å². The van der Waals surface area contributed by atoms with E-state index >= 15 is 0 Å². The van der Waals surface area contributed by atoms with Crippen LogP contribution in [0.4, 0.5) is 0 Å². The van der Waals surface area contributed by atoms with Gasteiger partial charge in [0.15, 0.2) is 4.34 Å². The van der Waals surface area contributed by atoms with Gasteiger partial charge < -0.3 is 5.11 Å². The number of phenolic OH excluding ortho intramolecular Hbond substituents is 1. The molecule has 0 unspecified atom stereocenters. The maximum Gasteiger partial charge on any atom is 0.174 e. The fraction of sp³-hybridized carbons (Fsp3) is 0.474. The Bertz CT molecular complexity index is 742. The highest BCUT2D eigenvalue weighted by Gasteiger charge is 2.28. The van der Waals surface area contributed by atoms with Gasteiger partial charge in [-0.25, -0.2) is 0 Å². The molecule has 1 N–H and O–H groups in total. The van der Waals surface area contributed by atoms with Crippen LogP contribution in [-0.2, 0) is 10.8 Å². The van der Waals surface area contributed by atoms with Crippen LogP contribution in [0.15, 0.2) is 29.1 Å². The molecule has 0 atom stereocenters. The molecule has 0 amide bonds. The number of aromatic hydroxyl groups is 1. The van der Waals surface area contributed by atoms with Crippen LogP contribution in [0.3, 0.4) is 0 Å². The van der Waals surface area contributed by atoms with E-state index in [0.29, 0.717) is 5.75 Å². The largest absolute Gasteiger partial charge is 0.507 e. The third-order valence-electron chi connectivity index (χ3n) is 4.04. The standard InChI is InChI=1S/C19H26N2OS2/c1-8-19(6,7)14-11-12(10-13(15(14)22)18(3,4)5)16-20-21-17(24-16)23-9-2/h8,10-11,22H,1,9H2,2-7H3. The molecule has 0 aliphatic rings. The van der Waals surface area contributed by atoms with Gasteiger partial charge in [0.05, 0.1) is 0 Å². The molecule has 130 valence electrons. The van der Waals surface area contributed by atoms with Crippen molar-refractivity contribution in [1.82, 2.24) is 10.2 Å². The highest BCUT2D eigenvalue weighted by molar-refractivity contribution is 8.01. The van der Waals surface area contributed by atoms with Crippen LogP contribution in [0.1, 0.15) is 52.7 Å². The van der Waals surface area contributed by atoms with Crippen molar-refractivity contribution >= 4 is 23.1 Å². The van der Waals surface area contributed by atoms with Gasteiger partial charge >= 0.3 is 0 Å². The molecule has 0 spiro atoms. The van der Waals surface area contributed by atoms with Crippen LogP contribution in [-0.4, -0.2) is 21.1 Å². The smallest absolute Gasteiger partial charge is 0.174 e. The van der Waals surface area contributed by atoms with Crippen LogP contribution in [0.25, 0.3) is 10.6 Å². The summed E-state index contributed by atoms with van der Waals surface area (Å²) in [6, 6.07) is 4.06. The fourth-order valence-electron chi connectivity index (χ4n) is 2.44. The first kappa shape index (κ1) is 19.0. The van der Waals surface area contributed by atoms with E-state index < -0.39 is 0 Å². The zero-order chi connectivity index (χ0) is 18.1. The number of allylic oxidation sites excluding steroid dienone is 1. The van der Waals surface area contributed by atoms with Crippen LogP contribution in [0.2, 0.25) is 0 Å². The number of hydrogen-bond acceptors (Lipinski definition) is 5. The number of rotatable bonds is 5. The summed E-state index contributed by atoms with van der Waals surface area (Å²) in [6.07, 6.45) is 1.87. The zero-order valence-corrected chi connectivity index (χ0v) is 16.9. The maximum absolute atomic E-state index is 10.9. The lowest BCUT2D eigenvalue weighted by molar-refractivity contribution is 0.430. The van der Waals surface area contributed by atoms with E-state index in [-0.39, 0.29) is 10.8 Å². The summed E-state index contributed by atoms with van der Waals surface area (Å²) in [5.41, 5.74) is 2.30. The third-order valence-corrected chi connectivity index (χ3v) is 6.03. The number of thioether (sulfide) groups is 1. The Kier molecular flexibility index (Phi) is 5.45. The molecule has 0 aliphatic heterocycles. The van der Waals surface area contributed by atoms with Gasteiger partial charge in [-0.3, -0.25) is 0 Å². The summed E-state index contributed by atoms with van der Waals surface area (Å²) >= 11 is 3.29. The van der Waals surface area contributed by atoms with E-state index in [1.807, 2.05) is 18.2 Å². The molecule has 0 saturated carbocycles. The monoisotopic (exact) mass is 362 g/mol. The van der Waals surface area contributed by atoms with E-state index in [9.17, 15) is 5.11 Å². The first-order chi connectivity index (χ1) is 11.1. The molecule has 0 aliphatic carbocycles. The van der Waals surface area contributed by atoms with Gasteiger partial charge in [-0.05, 0) is 23.3 Å². The summed E-state index contributed by atoms with van der Waals surface area (Å²) in [7, 11) is 0. The lowest BCUT2D eigenvalue weighted by Crippen LogP contribution is -2.18.